The topological polar surface area (TPSA) is 44.4 Å². The number of nitrogens with one attached hydrogen (secondary N) is 2. The minimum atomic E-state index is 0.177. The summed E-state index contributed by atoms with van der Waals surface area (Å²) < 4.78 is 0. The van der Waals surface area contributed by atoms with Crippen LogP contribution in [0.4, 0.5) is 0 Å². The van der Waals surface area contributed by atoms with Crippen molar-refractivity contribution in [2.75, 3.05) is 13.6 Å². The van der Waals surface area contributed by atoms with Crippen LogP contribution in [-0.2, 0) is 4.79 Å². The number of hydrogen-bond donors (Lipinski definition) is 2. The Balaban J connectivity index is 1.95. The van der Waals surface area contributed by atoms with Crippen molar-refractivity contribution in [1.29, 1.82) is 0 Å². The van der Waals surface area contributed by atoms with E-state index in [4.69, 9.17) is 0 Å². The smallest absolute Gasteiger partial charge is 0.225 e. The van der Waals surface area contributed by atoms with E-state index in [1.807, 2.05) is 30.4 Å². The van der Waals surface area contributed by atoms with Crippen molar-refractivity contribution >= 4 is 5.91 Å². The molecular weight excluding hydrogens is 178 g/mol. The second-order valence-corrected chi connectivity index (χ2v) is 3.79. The van der Waals surface area contributed by atoms with E-state index < -0.39 is 0 Å². The molecule has 4 heteroatoms. The third-order valence-electron chi connectivity index (χ3n) is 2.74. The Kier molecular flexibility index (Phi) is 2.43. The molecule has 4 nitrogen and oxygen atoms in total. The summed E-state index contributed by atoms with van der Waals surface area (Å²) in [6.45, 7) is 0.895. The fourth-order valence-electron chi connectivity index (χ4n) is 1.87. The van der Waals surface area contributed by atoms with Gasteiger partial charge in [0.05, 0.1) is 0 Å². The Bertz CT molecular complexity index is 296. The standard InChI is InChI=1S/C10H15N3O/c1-13-5-3-9(10(13)14)6-8-2-4-11-12-7-8/h2,4,7,9,11-12H,3,5-6H2,1H3. The summed E-state index contributed by atoms with van der Waals surface area (Å²) in [7, 11) is 1.87. The van der Waals surface area contributed by atoms with Crippen LogP contribution in [0.25, 0.3) is 0 Å². The maximum absolute atomic E-state index is 11.6. The first-order valence-corrected chi connectivity index (χ1v) is 4.89. The van der Waals surface area contributed by atoms with Crippen LogP contribution in [0.1, 0.15) is 12.8 Å². The number of carbonyl (C=O) groups is 1. The zero-order valence-electron chi connectivity index (χ0n) is 8.29. The molecule has 2 rings (SSSR count). The molecule has 2 N–H and O–H groups in total. The van der Waals surface area contributed by atoms with Gasteiger partial charge in [0.15, 0.2) is 0 Å². The number of hydrogen-bond acceptors (Lipinski definition) is 3. The van der Waals surface area contributed by atoms with Crippen LogP contribution in [0.5, 0.6) is 0 Å². The van der Waals surface area contributed by atoms with Gasteiger partial charge in [0.1, 0.15) is 0 Å². The van der Waals surface area contributed by atoms with Gasteiger partial charge in [-0.05, 0) is 24.5 Å². The van der Waals surface area contributed by atoms with Crippen LogP contribution in [0.3, 0.4) is 0 Å². The zero-order chi connectivity index (χ0) is 9.97. The van der Waals surface area contributed by atoms with E-state index in [9.17, 15) is 4.79 Å². The number of likely N-dealkylation sites (tertiary alicyclic amines) is 1. The van der Waals surface area contributed by atoms with Crippen LogP contribution in [-0.4, -0.2) is 24.4 Å². The first-order chi connectivity index (χ1) is 6.77. The molecule has 1 atom stereocenters. The lowest BCUT2D eigenvalue weighted by Crippen LogP contribution is -2.25. The average Bonchev–Trinajstić information content (AvgIpc) is 2.52. The number of rotatable bonds is 2. The monoisotopic (exact) mass is 193 g/mol. The summed E-state index contributed by atoms with van der Waals surface area (Å²) in [5.41, 5.74) is 6.95. The van der Waals surface area contributed by atoms with E-state index in [-0.39, 0.29) is 11.8 Å². The minimum Gasteiger partial charge on any atom is -0.345 e. The molecule has 0 spiro atoms. The van der Waals surface area contributed by atoms with Gasteiger partial charge in [-0.2, -0.15) is 0 Å². The third kappa shape index (κ3) is 1.73. The Morgan fingerprint density at radius 1 is 1.57 bits per heavy atom. The highest BCUT2D eigenvalue weighted by atomic mass is 16.2. The van der Waals surface area contributed by atoms with Crippen molar-refractivity contribution in [2.24, 2.45) is 5.92 Å². The lowest BCUT2D eigenvalue weighted by atomic mass is 9.98. The fourth-order valence-corrected chi connectivity index (χ4v) is 1.87. The number of allylic oxidation sites excluding steroid dienone is 2. The highest BCUT2D eigenvalue weighted by molar-refractivity contribution is 5.80. The largest absolute Gasteiger partial charge is 0.345 e. The van der Waals surface area contributed by atoms with Gasteiger partial charge in [-0.25, -0.2) is 0 Å². The van der Waals surface area contributed by atoms with Gasteiger partial charge in [0.2, 0.25) is 5.91 Å². The molecule has 76 valence electrons. The molecule has 0 saturated carbocycles. The molecular formula is C10H15N3O. The first-order valence-electron chi connectivity index (χ1n) is 4.89. The van der Waals surface area contributed by atoms with E-state index in [1.165, 1.54) is 5.57 Å². The normalized spacial score (nSPS) is 25.8. The van der Waals surface area contributed by atoms with Gasteiger partial charge in [0, 0.05) is 31.9 Å². The van der Waals surface area contributed by atoms with Crippen molar-refractivity contribution < 1.29 is 4.79 Å². The Hall–Kier alpha value is -1.45. The van der Waals surface area contributed by atoms with Gasteiger partial charge < -0.3 is 15.8 Å². The van der Waals surface area contributed by atoms with Crippen LogP contribution < -0.4 is 10.9 Å². The van der Waals surface area contributed by atoms with Crippen molar-refractivity contribution in [2.45, 2.75) is 12.8 Å². The van der Waals surface area contributed by atoms with Gasteiger partial charge in [-0.1, -0.05) is 0 Å². The second-order valence-electron chi connectivity index (χ2n) is 3.79. The van der Waals surface area contributed by atoms with E-state index >= 15 is 0 Å². The van der Waals surface area contributed by atoms with E-state index in [0.717, 1.165) is 19.4 Å². The third-order valence-corrected chi connectivity index (χ3v) is 2.74. The Morgan fingerprint density at radius 3 is 3.00 bits per heavy atom. The van der Waals surface area contributed by atoms with Crippen LogP contribution in [0, 0.1) is 5.92 Å². The first kappa shape index (κ1) is 9.12. The highest BCUT2D eigenvalue weighted by Gasteiger charge is 2.29. The lowest BCUT2D eigenvalue weighted by Gasteiger charge is -2.13. The molecule has 2 aliphatic heterocycles. The minimum absolute atomic E-state index is 0.177. The molecule has 1 unspecified atom stereocenters. The van der Waals surface area contributed by atoms with Gasteiger partial charge in [-0.3, -0.25) is 4.79 Å². The van der Waals surface area contributed by atoms with Crippen molar-refractivity contribution in [3.63, 3.8) is 0 Å². The maximum Gasteiger partial charge on any atom is 0.225 e. The van der Waals surface area contributed by atoms with E-state index in [1.54, 1.807) is 0 Å². The molecule has 1 saturated heterocycles. The highest BCUT2D eigenvalue weighted by Crippen LogP contribution is 2.24. The van der Waals surface area contributed by atoms with E-state index in [2.05, 4.69) is 10.9 Å². The number of amides is 1. The molecule has 14 heavy (non-hydrogen) atoms. The number of carbonyl (C=O) groups excluding carboxylic acids is 1. The molecule has 0 aliphatic carbocycles. The van der Waals surface area contributed by atoms with Crippen molar-refractivity contribution in [3.05, 3.63) is 24.0 Å². The van der Waals surface area contributed by atoms with Crippen LogP contribution in [0.15, 0.2) is 24.0 Å². The second kappa shape index (κ2) is 3.74. The zero-order valence-corrected chi connectivity index (χ0v) is 8.29. The number of nitrogens with zero attached hydrogens (tertiary/aromatic N) is 1. The van der Waals surface area contributed by atoms with Gasteiger partial charge >= 0.3 is 0 Å². The van der Waals surface area contributed by atoms with Gasteiger partial charge in [-0.15, -0.1) is 0 Å². The molecule has 0 aromatic heterocycles. The molecule has 1 fully saturated rings. The Labute approximate surface area is 83.6 Å². The predicted octanol–water partition coefficient (Wildman–Crippen LogP) is 0.360. The fraction of sp³-hybridized carbons (Fsp3) is 0.500. The summed E-state index contributed by atoms with van der Waals surface area (Å²) in [5.74, 6) is 0.452. The van der Waals surface area contributed by atoms with Crippen LogP contribution in [0.2, 0.25) is 0 Å². The van der Waals surface area contributed by atoms with Crippen molar-refractivity contribution in [3.8, 4) is 0 Å². The summed E-state index contributed by atoms with van der Waals surface area (Å²) in [5, 5.41) is 0. The SMILES string of the molecule is CN1CCC(CC2=CNNC=C2)C1=O. The molecule has 2 aliphatic rings. The predicted molar refractivity (Wildman–Crippen MR) is 53.9 cm³/mol. The van der Waals surface area contributed by atoms with Crippen LogP contribution >= 0.6 is 0 Å². The van der Waals surface area contributed by atoms with Crippen molar-refractivity contribution in [1.82, 2.24) is 15.8 Å². The Morgan fingerprint density at radius 2 is 2.43 bits per heavy atom. The molecule has 0 radical (unpaired) electrons. The molecule has 2 heterocycles. The number of hydrazine groups is 1. The summed E-state index contributed by atoms with van der Waals surface area (Å²) in [6, 6.07) is 0. The summed E-state index contributed by atoms with van der Waals surface area (Å²) in [4.78, 5) is 13.4. The average molecular weight is 193 g/mol. The summed E-state index contributed by atoms with van der Waals surface area (Å²) in [6.07, 6.45) is 7.58. The molecule has 0 bridgehead atoms. The molecule has 0 aromatic carbocycles. The quantitative estimate of drug-likeness (QED) is 0.665. The summed E-state index contributed by atoms with van der Waals surface area (Å²) >= 11 is 0. The molecule has 1 amide bonds. The van der Waals surface area contributed by atoms with E-state index in [0.29, 0.717) is 0 Å². The van der Waals surface area contributed by atoms with Gasteiger partial charge in [0.25, 0.3) is 0 Å². The molecule has 0 aromatic rings. The maximum atomic E-state index is 11.6. The lowest BCUT2D eigenvalue weighted by molar-refractivity contribution is -0.129.